The van der Waals surface area contributed by atoms with Crippen LogP contribution in [0, 0.1) is 13.8 Å². The van der Waals surface area contributed by atoms with E-state index >= 15 is 0 Å². The number of ketones is 1. The number of rotatable bonds is 6. The molecule has 6 heteroatoms. The van der Waals surface area contributed by atoms with Crippen molar-refractivity contribution in [2.75, 3.05) is 21.3 Å². The first-order valence-electron chi connectivity index (χ1n) is 8.94. The van der Waals surface area contributed by atoms with Crippen LogP contribution < -0.4 is 19.6 Å². The van der Waals surface area contributed by atoms with Crippen LogP contribution in [0.1, 0.15) is 27.0 Å². The van der Waals surface area contributed by atoms with Crippen molar-refractivity contribution in [3.8, 4) is 17.2 Å². The van der Waals surface area contributed by atoms with Crippen LogP contribution in [0.25, 0.3) is 17.0 Å². The van der Waals surface area contributed by atoms with Crippen molar-refractivity contribution in [2.24, 2.45) is 0 Å². The van der Waals surface area contributed by atoms with Crippen molar-refractivity contribution in [3.63, 3.8) is 0 Å². The van der Waals surface area contributed by atoms with E-state index < -0.39 is 0 Å². The molecule has 3 rings (SSSR count). The van der Waals surface area contributed by atoms with E-state index in [4.69, 9.17) is 18.6 Å². The molecule has 29 heavy (non-hydrogen) atoms. The van der Waals surface area contributed by atoms with E-state index in [9.17, 15) is 9.59 Å². The maximum Gasteiger partial charge on any atom is 0.203 e. The Hall–Kier alpha value is -3.54. The smallest absolute Gasteiger partial charge is 0.203 e. The molecular weight excluding hydrogens is 372 g/mol. The highest BCUT2D eigenvalue weighted by Crippen LogP contribution is 2.38. The molecule has 0 radical (unpaired) electrons. The standard InChI is InChI=1S/C23H22O6/c1-13-8-14(2)21-18(9-13)29-12-15(22(21)25)6-7-17(24)16-10-19(26-3)23(28-5)20(11-16)27-4/h6-12H,1-5H3/b7-6+. The predicted molar refractivity (Wildman–Crippen MR) is 111 cm³/mol. The third-order valence-corrected chi connectivity index (χ3v) is 4.61. The molecule has 6 nitrogen and oxygen atoms in total. The Bertz CT molecular complexity index is 1140. The Labute approximate surface area is 168 Å². The number of allylic oxidation sites excluding steroid dienone is 1. The van der Waals surface area contributed by atoms with E-state index in [0.717, 1.165) is 11.1 Å². The maximum absolute atomic E-state index is 12.8. The minimum atomic E-state index is -0.315. The van der Waals surface area contributed by atoms with Crippen LogP contribution in [0.15, 0.2) is 45.8 Å². The van der Waals surface area contributed by atoms with Gasteiger partial charge in [-0.2, -0.15) is 0 Å². The molecule has 3 aromatic rings. The van der Waals surface area contributed by atoms with Crippen LogP contribution >= 0.6 is 0 Å². The Balaban J connectivity index is 1.99. The first kappa shape index (κ1) is 20.2. The molecule has 0 saturated heterocycles. The van der Waals surface area contributed by atoms with E-state index in [2.05, 4.69) is 0 Å². The van der Waals surface area contributed by atoms with Gasteiger partial charge in [0, 0.05) is 5.56 Å². The zero-order chi connectivity index (χ0) is 21.1. The fourth-order valence-electron chi connectivity index (χ4n) is 3.24. The SMILES string of the molecule is COc1cc(C(=O)/C=C/c2coc3cc(C)cc(C)c3c2=O)cc(OC)c1OC. The molecule has 0 aliphatic rings. The Morgan fingerprint density at radius 2 is 1.62 bits per heavy atom. The van der Waals surface area contributed by atoms with Gasteiger partial charge in [-0.05, 0) is 55.3 Å². The van der Waals surface area contributed by atoms with Crippen molar-refractivity contribution in [3.05, 3.63) is 69.1 Å². The molecule has 0 fully saturated rings. The molecule has 2 aromatic carbocycles. The van der Waals surface area contributed by atoms with Gasteiger partial charge < -0.3 is 18.6 Å². The van der Waals surface area contributed by atoms with E-state index in [-0.39, 0.29) is 11.2 Å². The summed E-state index contributed by atoms with van der Waals surface area (Å²) in [7, 11) is 4.45. The fourth-order valence-corrected chi connectivity index (χ4v) is 3.24. The van der Waals surface area contributed by atoms with Crippen molar-refractivity contribution in [2.45, 2.75) is 13.8 Å². The molecule has 0 aliphatic carbocycles. The summed E-state index contributed by atoms with van der Waals surface area (Å²) < 4.78 is 21.4. The molecule has 0 aliphatic heterocycles. The van der Waals surface area contributed by atoms with Gasteiger partial charge in [0.05, 0.1) is 32.3 Å². The molecule has 0 N–H and O–H groups in total. The minimum Gasteiger partial charge on any atom is -0.493 e. The van der Waals surface area contributed by atoms with E-state index in [1.54, 1.807) is 12.1 Å². The number of benzene rings is 2. The number of aryl methyl sites for hydroxylation is 2. The first-order chi connectivity index (χ1) is 13.9. The third kappa shape index (κ3) is 3.87. The second kappa shape index (κ2) is 8.22. The van der Waals surface area contributed by atoms with Crippen LogP contribution in [0.3, 0.4) is 0 Å². The van der Waals surface area contributed by atoms with Crippen LogP contribution in [0.5, 0.6) is 17.2 Å². The van der Waals surface area contributed by atoms with Gasteiger partial charge in [0.15, 0.2) is 22.7 Å². The number of hydrogen-bond donors (Lipinski definition) is 0. The summed E-state index contributed by atoms with van der Waals surface area (Å²) in [6.45, 7) is 3.80. The maximum atomic E-state index is 12.8. The molecule has 150 valence electrons. The molecule has 0 spiro atoms. The van der Waals surface area contributed by atoms with Gasteiger partial charge in [-0.25, -0.2) is 0 Å². The minimum absolute atomic E-state index is 0.183. The number of carbonyl (C=O) groups is 1. The van der Waals surface area contributed by atoms with Gasteiger partial charge in [-0.3, -0.25) is 9.59 Å². The Morgan fingerprint density at radius 1 is 0.966 bits per heavy atom. The number of hydrogen-bond acceptors (Lipinski definition) is 6. The van der Waals surface area contributed by atoms with E-state index in [1.165, 1.54) is 39.7 Å². The number of carbonyl (C=O) groups excluding carboxylic acids is 1. The van der Waals surface area contributed by atoms with Gasteiger partial charge >= 0.3 is 0 Å². The van der Waals surface area contributed by atoms with Crippen LogP contribution in [-0.4, -0.2) is 27.1 Å². The highest BCUT2D eigenvalue weighted by atomic mass is 16.5. The lowest BCUT2D eigenvalue weighted by molar-refractivity contribution is 0.104. The molecule has 0 unspecified atom stereocenters. The molecule has 0 saturated carbocycles. The lowest BCUT2D eigenvalue weighted by atomic mass is 10.0. The highest BCUT2D eigenvalue weighted by molar-refractivity contribution is 6.07. The van der Waals surface area contributed by atoms with Crippen molar-refractivity contribution >= 4 is 22.8 Å². The van der Waals surface area contributed by atoms with E-state index in [0.29, 0.717) is 39.3 Å². The number of ether oxygens (including phenoxy) is 3. The van der Waals surface area contributed by atoms with Crippen molar-refractivity contribution in [1.82, 2.24) is 0 Å². The fraction of sp³-hybridized carbons (Fsp3) is 0.217. The Kier molecular flexibility index (Phi) is 5.73. The van der Waals surface area contributed by atoms with Crippen LogP contribution in [0.4, 0.5) is 0 Å². The summed E-state index contributed by atoms with van der Waals surface area (Å²) in [4.78, 5) is 25.5. The average molecular weight is 394 g/mol. The lowest BCUT2D eigenvalue weighted by Crippen LogP contribution is -2.07. The topological polar surface area (TPSA) is 75.0 Å². The zero-order valence-corrected chi connectivity index (χ0v) is 17.0. The monoisotopic (exact) mass is 394 g/mol. The number of fused-ring (bicyclic) bond motifs is 1. The van der Waals surface area contributed by atoms with E-state index in [1.807, 2.05) is 26.0 Å². The van der Waals surface area contributed by atoms with Crippen molar-refractivity contribution < 1.29 is 23.4 Å². The molecule has 0 amide bonds. The lowest BCUT2D eigenvalue weighted by Gasteiger charge is -2.13. The van der Waals surface area contributed by atoms with Gasteiger partial charge in [-0.1, -0.05) is 6.07 Å². The second-order valence-electron chi connectivity index (χ2n) is 6.59. The van der Waals surface area contributed by atoms with Gasteiger partial charge in [-0.15, -0.1) is 0 Å². The van der Waals surface area contributed by atoms with Crippen LogP contribution in [-0.2, 0) is 0 Å². The predicted octanol–water partition coefficient (Wildman–Crippen LogP) is 4.33. The number of methoxy groups -OCH3 is 3. The summed E-state index contributed by atoms with van der Waals surface area (Å²) >= 11 is 0. The van der Waals surface area contributed by atoms with Crippen molar-refractivity contribution in [1.29, 1.82) is 0 Å². The molecule has 1 heterocycles. The third-order valence-electron chi connectivity index (χ3n) is 4.61. The second-order valence-corrected chi connectivity index (χ2v) is 6.59. The molecular formula is C23H22O6. The average Bonchev–Trinajstić information content (AvgIpc) is 2.71. The highest BCUT2D eigenvalue weighted by Gasteiger charge is 2.16. The Morgan fingerprint density at radius 3 is 2.21 bits per heavy atom. The summed E-state index contributed by atoms with van der Waals surface area (Å²) in [5.74, 6) is 0.834. The molecule has 0 bridgehead atoms. The summed E-state index contributed by atoms with van der Waals surface area (Å²) in [6.07, 6.45) is 4.14. The summed E-state index contributed by atoms with van der Waals surface area (Å²) in [5, 5.41) is 0.512. The van der Waals surface area contributed by atoms with Gasteiger partial charge in [0.25, 0.3) is 0 Å². The van der Waals surface area contributed by atoms with Gasteiger partial charge in [0.2, 0.25) is 5.75 Å². The van der Waals surface area contributed by atoms with Gasteiger partial charge in [0.1, 0.15) is 11.8 Å². The normalized spacial score (nSPS) is 11.1. The summed E-state index contributed by atoms with van der Waals surface area (Å²) in [6, 6.07) is 6.86. The quantitative estimate of drug-likeness (QED) is 0.458. The first-order valence-corrected chi connectivity index (χ1v) is 8.94. The largest absolute Gasteiger partial charge is 0.493 e. The molecule has 0 atom stereocenters. The zero-order valence-electron chi connectivity index (χ0n) is 17.0. The molecule has 1 aromatic heterocycles. The van der Waals surface area contributed by atoms with Crippen LogP contribution in [0.2, 0.25) is 0 Å². The summed E-state index contributed by atoms with van der Waals surface area (Å²) in [5.41, 5.74) is 2.83.